The molecule has 0 saturated heterocycles. The summed E-state index contributed by atoms with van der Waals surface area (Å²) in [5.74, 6) is 0.496. The number of pyridine rings is 2. The lowest BCUT2D eigenvalue weighted by Gasteiger charge is -2.40. The molecule has 0 bridgehead atoms. The van der Waals surface area contributed by atoms with E-state index < -0.39 is 0 Å². The molecule has 0 aliphatic carbocycles. The average Bonchev–Trinajstić information content (AvgIpc) is 3.40. The van der Waals surface area contributed by atoms with Crippen molar-refractivity contribution in [2.24, 2.45) is 0 Å². The van der Waals surface area contributed by atoms with Crippen LogP contribution in [0.3, 0.4) is 0 Å². The number of nitrogens with zero attached hydrogens (tertiary/aromatic N) is 8. The molecule has 1 aliphatic rings. The number of urea groups is 1. The molecule has 0 unspecified atom stereocenters. The maximum atomic E-state index is 13.4. The topological polar surface area (TPSA) is 92.9 Å². The Labute approximate surface area is 198 Å². The number of carbonyl (C=O) groups excluding carboxylic acids is 1. The summed E-state index contributed by atoms with van der Waals surface area (Å²) in [6.07, 6.45) is 12.8. The van der Waals surface area contributed by atoms with Gasteiger partial charge in [-0.15, -0.1) is 0 Å². The summed E-state index contributed by atoms with van der Waals surface area (Å²) in [6, 6.07) is 5.84. The maximum absolute atomic E-state index is 13.4. The molecule has 0 N–H and O–H groups in total. The average molecular weight is 457 g/mol. The van der Waals surface area contributed by atoms with Gasteiger partial charge in [-0.2, -0.15) is 5.10 Å². The van der Waals surface area contributed by atoms with Crippen LogP contribution in [-0.2, 0) is 6.54 Å². The van der Waals surface area contributed by atoms with Crippen LogP contribution < -0.4 is 4.90 Å². The van der Waals surface area contributed by atoms with E-state index in [2.05, 4.69) is 33.9 Å². The van der Waals surface area contributed by atoms with Crippen molar-refractivity contribution in [1.29, 1.82) is 0 Å². The van der Waals surface area contributed by atoms with Gasteiger partial charge >= 0.3 is 6.03 Å². The third-order valence-electron chi connectivity index (χ3n) is 6.20. The van der Waals surface area contributed by atoms with Crippen LogP contribution in [0.2, 0.25) is 0 Å². The van der Waals surface area contributed by atoms with Gasteiger partial charge in [-0.3, -0.25) is 9.88 Å². The zero-order valence-electron chi connectivity index (χ0n) is 19.7. The second-order valence-electron chi connectivity index (χ2n) is 8.66. The predicted octanol–water partition coefficient (Wildman–Crippen LogP) is 4.61. The standard InChI is InChI=1S/C25H28N8O/c1-4-7-19(8-5-2)33-23-18(16-31(3)25(33)34)15-26-21-10-9-20(30-22(21)23)17-13-27-24(28-14-17)32-12-6-11-29-32/h6,9-15,19H,4-5,7-8,16H2,1-3H3. The lowest BCUT2D eigenvalue weighted by Crippen LogP contribution is -2.50. The van der Waals surface area contributed by atoms with Crippen LogP contribution in [-0.4, -0.2) is 53.7 Å². The molecule has 0 saturated carbocycles. The van der Waals surface area contributed by atoms with Crippen molar-refractivity contribution in [2.45, 2.75) is 52.1 Å². The van der Waals surface area contributed by atoms with E-state index in [4.69, 9.17) is 4.98 Å². The van der Waals surface area contributed by atoms with Crippen LogP contribution in [0.1, 0.15) is 45.1 Å². The Morgan fingerprint density at radius 2 is 1.79 bits per heavy atom. The smallest absolute Gasteiger partial charge is 0.323 e. The highest BCUT2D eigenvalue weighted by Gasteiger charge is 2.35. The molecule has 1 aliphatic heterocycles. The number of rotatable bonds is 7. The summed E-state index contributed by atoms with van der Waals surface area (Å²) in [4.78, 5) is 35.7. The lowest BCUT2D eigenvalue weighted by atomic mass is 10.0. The van der Waals surface area contributed by atoms with E-state index in [1.54, 1.807) is 34.4 Å². The van der Waals surface area contributed by atoms with E-state index in [1.807, 2.05) is 36.3 Å². The fourth-order valence-electron chi connectivity index (χ4n) is 4.61. The molecular weight excluding hydrogens is 428 g/mol. The Balaban J connectivity index is 1.62. The van der Waals surface area contributed by atoms with Crippen LogP contribution in [0, 0.1) is 0 Å². The van der Waals surface area contributed by atoms with Gasteiger partial charge in [0.05, 0.1) is 23.4 Å². The molecule has 5 heterocycles. The monoisotopic (exact) mass is 456 g/mol. The van der Waals surface area contributed by atoms with Crippen LogP contribution in [0.4, 0.5) is 10.5 Å². The fourth-order valence-corrected chi connectivity index (χ4v) is 4.61. The van der Waals surface area contributed by atoms with Crippen LogP contribution >= 0.6 is 0 Å². The SMILES string of the molecule is CCCC(CCC)N1C(=O)N(C)Cc2cnc3ccc(-c4cnc(-n5cccn5)nc4)nc3c21. The van der Waals surface area contributed by atoms with Crippen molar-refractivity contribution in [3.63, 3.8) is 0 Å². The summed E-state index contributed by atoms with van der Waals surface area (Å²) in [7, 11) is 1.85. The number of carbonyl (C=O) groups is 1. The summed E-state index contributed by atoms with van der Waals surface area (Å²) in [6.45, 7) is 4.84. The van der Waals surface area contributed by atoms with Gasteiger partial charge in [-0.25, -0.2) is 24.4 Å². The van der Waals surface area contributed by atoms with Gasteiger partial charge < -0.3 is 4.90 Å². The Hall–Kier alpha value is -3.88. The summed E-state index contributed by atoms with van der Waals surface area (Å²) < 4.78 is 1.61. The minimum Gasteiger partial charge on any atom is -0.323 e. The van der Waals surface area contributed by atoms with Gasteiger partial charge in [0.1, 0.15) is 5.52 Å². The highest BCUT2D eigenvalue weighted by Crippen LogP contribution is 2.37. The molecule has 0 fully saturated rings. The predicted molar refractivity (Wildman–Crippen MR) is 131 cm³/mol. The Morgan fingerprint density at radius 1 is 1.03 bits per heavy atom. The highest BCUT2D eigenvalue weighted by molar-refractivity contribution is 6.04. The largest absolute Gasteiger partial charge is 0.324 e. The van der Waals surface area contributed by atoms with E-state index in [1.165, 1.54) is 0 Å². The van der Waals surface area contributed by atoms with Crippen molar-refractivity contribution in [2.75, 3.05) is 11.9 Å². The zero-order chi connectivity index (χ0) is 23.7. The first-order valence-electron chi connectivity index (χ1n) is 11.8. The number of amides is 2. The zero-order valence-corrected chi connectivity index (χ0v) is 19.7. The Bertz CT molecular complexity index is 1300. The molecule has 34 heavy (non-hydrogen) atoms. The number of hydrogen-bond acceptors (Lipinski definition) is 6. The lowest BCUT2D eigenvalue weighted by molar-refractivity contribution is 0.206. The summed E-state index contributed by atoms with van der Waals surface area (Å²) in [5.41, 5.74) is 4.94. The molecule has 0 aromatic carbocycles. The van der Waals surface area contributed by atoms with E-state index >= 15 is 0 Å². The van der Waals surface area contributed by atoms with Crippen LogP contribution in [0.25, 0.3) is 28.2 Å². The first-order valence-corrected chi connectivity index (χ1v) is 11.8. The van der Waals surface area contributed by atoms with Crippen molar-refractivity contribution < 1.29 is 4.79 Å². The Kier molecular flexibility index (Phi) is 5.91. The first kappa shape index (κ1) is 21.9. The quantitative estimate of drug-likeness (QED) is 0.403. The molecule has 9 heteroatoms. The van der Waals surface area contributed by atoms with Crippen LogP contribution in [0.5, 0.6) is 0 Å². The molecule has 0 radical (unpaired) electrons. The van der Waals surface area contributed by atoms with Gasteiger partial charge in [0.25, 0.3) is 0 Å². The first-order chi connectivity index (χ1) is 16.6. The molecule has 5 rings (SSSR count). The van der Waals surface area contributed by atoms with E-state index in [0.717, 1.165) is 59.2 Å². The number of anilines is 1. The molecule has 0 atom stereocenters. The number of hydrogen-bond donors (Lipinski definition) is 0. The van der Waals surface area contributed by atoms with Crippen molar-refractivity contribution in [1.82, 2.24) is 34.6 Å². The van der Waals surface area contributed by atoms with Gasteiger partial charge in [0.15, 0.2) is 0 Å². The minimum atomic E-state index is 0.0195. The highest BCUT2D eigenvalue weighted by atomic mass is 16.2. The van der Waals surface area contributed by atoms with Gasteiger partial charge in [0, 0.05) is 55.2 Å². The maximum Gasteiger partial charge on any atom is 0.324 e. The number of aromatic nitrogens is 6. The van der Waals surface area contributed by atoms with Crippen molar-refractivity contribution in [3.05, 3.63) is 54.7 Å². The van der Waals surface area contributed by atoms with Gasteiger partial charge in [-0.05, 0) is 31.0 Å². The third kappa shape index (κ3) is 3.87. The molecule has 9 nitrogen and oxygen atoms in total. The number of fused-ring (bicyclic) bond motifs is 3. The minimum absolute atomic E-state index is 0.0195. The normalized spacial score (nSPS) is 13.7. The molecule has 0 spiro atoms. The second kappa shape index (κ2) is 9.17. The summed E-state index contributed by atoms with van der Waals surface area (Å²) in [5, 5.41) is 4.17. The molecule has 2 amide bonds. The third-order valence-corrected chi connectivity index (χ3v) is 6.20. The summed E-state index contributed by atoms with van der Waals surface area (Å²) >= 11 is 0. The van der Waals surface area contributed by atoms with Gasteiger partial charge in [-0.1, -0.05) is 26.7 Å². The van der Waals surface area contributed by atoms with E-state index in [0.29, 0.717) is 12.5 Å². The van der Waals surface area contributed by atoms with E-state index in [-0.39, 0.29) is 12.1 Å². The molecule has 4 aromatic rings. The molecule has 174 valence electrons. The van der Waals surface area contributed by atoms with Gasteiger partial charge in [0.2, 0.25) is 5.95 Å². The van der Waals surface area contributed by atoms with Crippen LogP contribution in [0.15, 0.2) is 49.2 Å². The molecule has 4 aromatic heterocycles. The second-order valence-corrected chi connectivity index (χ2v) is 8.66. The fraction of sp³-hybridized carbons (Fsp3) is 0.360. The Morgan fingerprint density at radius 3 is 2.47 bits per heavy atom. The van der Waals surface area contributed by atoms with E-state index in [9.17, 15) is 4.79 Å². The van der Waals surface area contributed by atoms with Crippen molar-refractivity contribution in [3.8, 4) is 17.2 Å². The van der Waals surface area contributed by atoms with Crippen molar-refractivity contribution >= 4 is 22.8 Å². The molecular formula is C25H28N8O.